The minimum Gasteiger partial charge on any atom is -0.465 e. The zero-order valence-electron chi connectivity index (χ0n) is 16.2. The minimum absolute atomic E-state index is 0.0159. The van der Waals surface area contributed by atoms with Crippen LogP contribution in [0.15, 0.2) is 50.0 Å². The molecule has 1 aromatic carbocycles. The molecule has 152 valence electrons. The largest absolute Gasteiger partial charge is 0.465 e. The van der Waals surface area contributed by atoms with Crippen LogP contribution in [0, 0.1) is 6.92 Å². The highest BCUT2D eigenvalue weighted by atomic mass is 35.5. The first-order valence-electron chi connectivity index (χ1n) is 9.83. The van der Waals surface area contributed by atoms with Gasteiger partial charge in [0.2, 0.25) is 0 Å². The van der Waals surface area contributed by atoms with Gasteiger partial charge in [0.25, 0.3) is 5.91 Å². The van der Waals surface area contributed by atoms with E-state index >= 15 is 0 Å². The van der Waals surface area contributed by atoms with Gasteiger partial charge in [0.1, 0.15) is 17.1 Å². The van der Waals surface area contributed by atoms with Crippen LogP contribution in [-0.2, 0) is 0 Å². The molecule has 1 saturated heterocycles. The average molecular weight is 415 g/mol. The first-order valence-corrected chi connectivity index (χ1v) is 10.2. The smallest absolute Gasteiger partial charge is 0.287 e. The van der Waals surface area contributed by atoms with Gasteiger partial charge in [-0.15, -0.1) is 0 Å². The third-order valence-corrected chi connectivity index (χ3v) is 5.53. The topological polar surface area (TPSA) is 75.7 Å². The second-order valence-corrected chi connectivity index (χ2v) is 7.82. The van der Waals surface area contributed by atoms with Gasteiger partial charge < -0.3 is 14.2 Å². The Morgan fingerprint density at radius 3 is 2.66 bits per heavy atom. The summed E-state index contributed by atoms with van der Waals surface area (Å²) in [5, 5.41) is 3.71. The highest BCUT2D eigenvalue weighted by Crippen LogP contribution is 2.26. The van der Waals surface area contributed by atoms with E-state index in [1.54, 1.807) is 12.1 Å². The number of furan rings is 1. The summed E-state index contributed by atoms with van der Waals surface area (Å²) in [7, 11) is 0. The van der Waals surface area contributed by atoms with Gasteiger partial charge in [-0.3, -0.25) is 14.5 Å². The molecular formula is C22H23ClN2O4. The Balaban J connectivity index is 1.54. The van der Waals surface area contributed by atoms with Crippen LogP contribution < -0.4 is 10.7 Å². The molecule has 3 heterocycles. The van der Waals surface area contributed by atoms with E-state index in [0.29, 0.717) is 22.5 Å². The molecule has 1 N–H and O–H groups in total. The SMILES string of the molecule is Cc1ccc([C@@H](CNC(=O)c2cc(=O)c3cc(Cl)ccc3o2)N2CCCCC2)o1. The number of benzene rings is 1. The Hall–Kier alpha value is -2.57. The monoisotopic (exact) mass is 414 g/mol. The van der Waals surface area contributed by atoms with Crippen molar-refractivity contribution in [2.45, 2.75) is 32.2 Å². The summed E-state index contributed by atoms with van der Waals surface area (Å²) in [5.41, 5.74) is 0.0365. The lowest BCUT2D eigenvalue weighted by Gasteiger charge is -2.33. The molecule has 1 amide bonds. The van der Waals surface area contributed by atoms with Crippen LogP contribution in [0.1, 0.15) is 47.4 Å². The number of likely N-dealkylation sites (tertiary alicyclic amines) is 1. The van der Waals surface area contributed by atoms with Gasteiger partial charge >= 0.3 is 0 Å². The Bertz CT molecular complexity index is 1080. The van der Waals surface area contributed by atoms with Crippen molar-refractivity contribution >= 4 is 28.5 Å². The van der Waals surface area contributed by atoms with E-state index in [-0.39, 0.29) is 17.2 Å². The maximum atomic E-state index is 12.7. The summed E-state index contributed by atoms with van der Waals surface area (Å²) in [6.45, 7) is 4.21. The molecule has 1 aliphatic rings. The number of amides is 1. The van der Waals surface area contributed by atoms with Gasteiger partial charge in [0.05, 0.1) is 11.4 Å². The zero-order chi connectivity index (χ0) is 20.4. The van der Waals surface area contributed by atoms with Crippen molar-refractivity contribution in [3.63, 3.8) is 0 Å². The molecule has 0 unspecified atom stereocenters. The van der Waals surface area contributed by atoms with E-state index < -0.39 is 5.91 Å². The predicted octanol–water partition coefficient (Wildman–Crippen LogP) is 4.30. The van der Waals surface area contributed by atoms with E-state index in [0.717, 1.165) is 37.5 Å². The molecule has 0 bridgehead atoms. The maximum Gasteiger partial charge on any atom is 0.287 e. The van der Waals surface area contributed by atoms with Crippen LogP contribution >= 0.6 is 11.6 Å². The molecule has 7 heteroatoms. The fraction of sp³-hybridized carbons (Fsp3) is 0.364. The molecule has 0 radical (unpaired) electrons. The van der Waals surface area contributed by atoms with Crippen LogP contribution in [0.3, 0.4) is 0 Å². The number of carbonyl (C=O) groups is 1. The fourth-order valence-corrected chi connectivity index (χ4v) is 3.96. The molecule has 6 nitrogen and oxygen atoms in total. The third kappa shape index (κ3) is 4.38. The van der Waals surface area contributed by atoms with Gasteiger partial charge in [-0.1, -0.05) is 18.0 Å². The van der Waals surface area contributed by atoms with Crippen molar-refractivity contribution in [1.29, 1.82) is 0 Å². The number of hydrogen-bond donors (Lipinski definition) is 1. The fourth-order valence-electron chi connectivity index (χ4n) is 3.79. The summed E-state index contributed by atoms with van der Waals surface area (Å²) < 4.78 is 11.5. The quantitative estimate of drug-likeness (QED) is 0.673. The van der Waals surface area contributed by atoms with Crippen molar-refractivity contribution in [2.24, 2.45) is 0 Å². The maximum absolute atomic E-state index is 12.7. The summed E-state index contributed by atoms with van der Waals surface area (Å²) >= 11 is 5.94. The average Bonchev–Trinajstić information content (AvgIpc) is 3.15. The Morgan fingerprint density at radius 2 is 1.93 bits per heavy atom. The van der Waals surface area contributed by atoms with Crippen molar-refractivity contribution in [1.82, 2.24) is 10.2 Å². The first kappa shape index (κ1) is 19.7. The second-order valence-electron chi connectivity index (χ2n) is 7.39. The van der Waals surface area contributed by atoms with Crippen molar-refractivity contribution in [3.05, 3.63) is 68.9 Å². The summed E-state index contributed by atoms with van der Waals surface area (Å²) in [6.07, 6.45) is 3.48. The summed E-state index contributed by atoms with van der Waals surface area (Å²) in [6, 6.07) is 9.80. The van der Waals surface area contributed by atoms with Gasteiger partial charge in [-0.05, 0) is 63.2 Å². The number of nitrogens with zero attached hydrogens (tertiary/aromatic N) is 1. The number of carbonyl (C=O) groups excluding carboxylic acids is 1. The lowest BCUT2D eigenvalue weighted by atomic mass is 10.1. The van der Waals surface area contributed by atoms with Gasteiger partial charge in [0.15, 0.2) is 11.2 Å². The first-order chi connectivity index (χ1) is 14.0. The third-order valence-electron chi connectivity index (χ3n) is 5.29. The van der Waals surface area contributed by atoms with Crippen LogP contribution in [-0.4, -0.2) is 30.4 Å². The van der Waals surface area contributed by atoms with E-state index in [9.17, 15) is 9.59 Å². The molecule has 2 aromatic heterocycles. The molecule has 1 aliphatic heterocycles. The van der Waals surface area contributed by atoms with E-state index in [1.165, 1.54) is 18.6 Å². The van der Waals surface area contributed by atoms with Crippen molar-refractivity contribution in [2.75, 3.05) is 19.6 Å². The minimum atomic E-state index is -0.427. The normalized spacial score (nSPS) is 16.1. The molecule has 29 heavy (non-hydrogen) atoms. The number of hydrogen-bond acceptors (Lipinski definition) is 5. The van der Waals surface area contributed by atoms with E-state index in [2.05, 4.69) is 10.2 Å². The highest BCUT2D eigenvalue weighted by molar-refractivity contribution is 6.31. The number of halogens is 1. The van der Waals surface area contributed by atoms with Crippen LogP contribution in [0.5, 0.6) is 0 Å². The Kier molecular flexibility index (Phi) is 5.74. The van der Waals surface area contributed by atoms with Gasteiger partial charge in [-0.2, -0.15) is 0 Å². The molecule has 0 aliphatic carbocycles. The molecule has 1 fully saturated rings. The number of nitrogens with one attached hydrogen (secondary N) is 1. The van der Waals surface area contributed by atoms with Gasteiger partial charge in [-0.25, -0.2) is 0 Å². The lowest BCUT2D eigenvalue weighted by Crippen LogP contribution is -2.40. The van der Waals surface area contributed by atoms with Crippen LogP contribution in [0.4, 0.5) is 0 Å². The second kappa shape index (κ2) is 8.43. The summed E-state index contributed by atoms with van der Waals surface area (Å²) in [4.78, 5) is 27.4. The van der Waals surface area contributed by atoms with E-state index in [1.807, 2.05) is 19.1 Å². The Morgan fingerprint density at radius 1 is 1.14 bits per heavy atom. The molecule has 3 aromatic rings. The standard InChI is InChI=1S/C22H23ClN2O4/c1-14-5-7-20(28-14)17(25-9-3-2-4-10-25)13-24-22(27)21-12-18(26)16-11-15(23)6-8-19(16)29-21/h5-8,11-12,17H,2-4,9-10,13H2,1H3,(H,24,27)/t17-/m1/s1. The molecule has 0 saturated carbocycles. The zero-order valence-corrected chi connectivity index (χ0v) is 17.0. The molecule has 1 atom stereocenters. The number of fused-ring (bicyclic) bond motifs is 1. The van der Waals surface area contributed by atoms with Gasteiger partial charge in [0, 0.05) is 17.6 Å². The van der Waals surface area contributed by atoms with Crippen molar-refractivity contribution < 1.29 is 13.6 Å². The highest BCUT2D eigenvalue weighted by Gasteiger charge is 2.26. The number of aryl methyl sites for hydroxylation is 1. The molecular weight excluding hydrogens is 392 g/mol. The number of piperidine rings is 1. The van der Waals surface area contributed by atoms with Crippen LogP contribution in [0.2, 0.25) is 5.02 Å². The van der Waals surface area contributed by atoms with E-state index in [4.69, 9.17) is 20.4 Å². The van der Waals surface area contributed by atoms with Crippen LogP contribution in [0.25, 0.3) is 11.0 Å². The predicted molar refractivity (Wildman–Crippen MR) is 111 cm³/mol. The summed E-state index contributed by atoms with van der Waals surface area (Å²) in [5.74, 6) is 1.23. The van der Waals surface area contributed by atoms with Crippen molar-refractivity contribution in [3.8, 4) is 0 Å². The molecule has 4 rings (SSSR count). The molecule has 0 spiro atoms. The lowest BCUT2D eigenvalue weighted by molar-refractivity contribution is 0.0887. The Labute approximate surface area is 173 Å². The number of rotatable bonds is 5.